The lowest BCUT2D eigenvalue weighted by Crippen LogP contribution is -2.55. The Morgan fingerprint density at radius 2 is 1.54 bits per heavy atom. The second-order valence-electron chi connectivity index (χ2n) is 10.8. The summed E-state index contributed by atoms with van der Waals surface area (Å²) in [7, 11) is -4.26. The van der Waals surface area contributed by atoms with E-state index >= 15 is 0 Å². The summed E-state index contributed by atoms with van der Waals surface area (Å²) in [5.74, 6) is -0.951. The molecule has 0 heterocycles. The van der Waals surface area contributed by atoms with Gasteiger partial charge in [-0.15, -0.1) is 0 Å². The monoisotopic (exact) mass is 580 g/mol. The van der Waals surface area contributed by atoms with Crippen LogP contribution in [0.2, 0.25) is 0 Å². The van der Waals surface area contributed by atoms with Crippen molar-refractivity contribution in [1.82, 2.24) is 10.2 Å². The lowest BCUT2D eigenvalue weighted by molar-refractivity contribution is -0.384. The van der Waals surface area contributed by atoms with Crippen molar-refractivity contribution < 1.29 is 22.9 Å². The summed E-state index contributed by atoms with van der Waals surface area (Å²) in [6, 6.07) is 19.2. The number of hydrogen-bond acceptors (Lipinski definition) is 6. The molecule has 0 fully saturated rings. The topological polar surface area (TPSA) is 130 Å². The zero-order valence-electron chi connectivity index (χ0n) is 23.9. The van der Waals surface area contributed by atoms with E-state index in [9.17, 15) is 28.1 Å². The van der Waals surface area contributed by atoms with Gasteiger partial charge in [-0.25, -0.2) is 8.42 Å². The molecule has 3 aromatic carbocycles. The van der Waals surface area contributed by atoms with E-state index in [2.05, 4.69) is 5.32 Å². The Morgan fingerprint density at radius 3 is 2.05 bits per heavy atom. The maximum absolute atomic E-state index is 14.1. The van der Waals surface area contributed by atoms with Crippen LogP contribution in [0.15, 0.2) is 83.8 Å². The number of rotatable bonds is 11. The summed E-state index contributed by atoms with van der Waals surface area (Å²) in [6.45, 7) is 8.70. The Kier molecular flexibility index (Phi) is 9.88. The third-order valence-corrected chi connectivity index (χ3v) is 8.10. The Bertz CT molecular complexity index is 1470. The van der Waals surface area contributed by atoms with Crippen molar-refractivity contribution in [3.63, 3.8) is 0 Å². The number of nitro groups is 1. The minimum atomic E-state index is -4.26. The van der Waals surface area contributed by atoms with Crippen molar-refractivity contribution in [3.05, 3.63) is 100 Å². The molecule has 0 aliphatic heterocycles. The first-order valence-corrected chi connectivity index (χ1v) is 14.7. The van der Waals surface area contributed by atoms with Gasteiger partial charge in [-0.1, -0.05) is 55.0 Å². The van der Waals surface area contributed by atoms with E-state index in [0.717, 1.165) is 15.4 Å². The van der Waals surface area contributed by atoms with Crippen molar-refractivity contribution in [1.29, 1.82) is 0 Å². The molecule has 0 radical (unpaired) electrons. The number of nitrogens with one attached hydrogen (secondary N) is 1. The molecule has 218 valence electrons. The molecule has 11 heteroatoms. The molecule has 0 aromatic heterocycles. The van der Waals surface area contributed by atoms with Crippen molar-refractivity contribution in [2.45, 2.75) is 64.1 Å². The van der Waals surface area contributed by atoms with Crippen molar-refractivity contribution in [2.75, 3.05) is 10.8 Å². The molecular weight excluding hydrogens is 544 g/mol. The molecule has 0 bridgehead atoms. The number of carbonyl (C=O) groups excluding carboxylic acids is 2. The first kappa shape index (κ1) is 31.3. The van der Waals surface area contributed by atoms with Crippen molar-refractivity contribution in [2.24, 2.45) is 0 Å². The van der Waals surface area contributed by atoms with Gasteiger partial charge in [0.15, 0.2) is 0 Å². The van der Waals surface area contributed by atoms with Gasteiger partial charge in [-0.05, 0) is 63.9 Å². The lowest BCUT2D eigenvalue weighted by Gasteiger charge is -2.34. The first-order valence-electron chi connectivity index (χ1n) is 13.2. The number of benzene rings is 3. The minimum absolute atomic E-state index is 0.0474. The van der Waals surface area contributed by atoms with Crippen LogP contribution in [0.25, 0.3) is 0 Å². The van der Waals surface area contributed by atoms with Gasteiger partial charge in [0.25, 0.3) is 15.7 Å². The number of aryl methyl sites for hydroxylation is 1. The second-order valence-corrected chi connectivity index (χ2v) is 12.6. The highest BCUT2D eigenvalue weighted by molar-refractivity contribution is 7.92. The zero-order valence-corrected chi connectivity index (χ0v) is 24.7. The maximum Gasteiger partial charge on any atom is 0.269 e. The van der Waals surface area contributed by atoms with Gasteiger partial charge in [0.05, 0.1) is 15.5 Å². The van der Waals surface area contributed by atoms with Crippen LogP contribution in [0.1, 0.15) is 45.2 Å². The Balaban J connectivity index is 2.07. The smallest absolute Gasteiger partial charge is 0.269 e. The normalized spacial score (nSPS) is 12.3. The Morgan fingerprint density at radius 1 is 0.951 bits per heavy atom. The van der Waals surface area contributed by atoms with Crippen LogP contribution < -0.4 is 9.62 Å². The molecule has 3 aromatic rings. The average Bonchev–Trinajstić information content (AvgIpc) is 2.92. The van der Waals surface area contributed by atoms with Crippen LogP contribution in [0.4, 0.5) is 11.4 Å². The van der Waals surface area contributed by atoms with Gasteiger partial charge in [0, 0.05) is 24.2 Å². The highest BCUT2D eigenvalue weighted by atomic mass is 32.2. The SMILES string of the molecule is CC[C@H](C(=O)NC(C)(C)C)N(Cc1ccc(C)cc1)C(=O)CN(c1ccc([N+](=O)[O-])cc1)S(=O)(=O)c1ccccc1. The van der Waals surface area contributed by atoms with Crippen LogP contribution in [0, 0.1) is 17.0 Å². The molecule has 0 unspecified atom stereocenters. The van der Waals surface area contributed by atoms with Gasteiger partial charge in [0.1, 0.15) is 12.6 Å². The summed E-state index contributed by atoms with van der Waals surface area (Å²) < 4.78 is 28.5. The van der Waals surface area contributed by atoms with Gasteiger partial charge < -0.3 is 10.2 Å². The molecule has 10 nitrogen and oxygen atoms in total. The maximum atomic E-state index is 14.1. The van der Waals surface area contributed by atoms with E-state index in [1.807, 2.05) is 52.0 Å². The van der Waals surface area contributed by atoms with Crippen molar-refractivity contribution >= 4 is 33.2 Å². The number of amides is 2. The van der Waals surface area contributed by atoms with E-state index in [1.165, 1.54) is 41.3 Å². The molecule has 0 aliphatic rings. The van der Waals surface area contributed by atoms with Gasteiger partial charge in [-0.3, -0.25) is 24.0 Å². The molecular formula is C30H36N4O6S. The predicted octanol–water partition coefficient (Wildman–Crippen LogP) is 4.82. The number of sulfonamides is 1. The minimum Gasteiger partial charge on any atom is -0.350 e. The quantitative estimate of drug-likeness (QED) is 0.256. The van der Waals surface area contributed by atoms with Crippen LogP contribution in [0.5, 0.6) is 0 Å². The van der Waals surface area contributed by atoms with E-state index in [1.54, 1.807) is 25.1 Å². The largest absolute Gasteiger partial charge is 0.350 e. The van der Waals surface area contributed by atoms with E-state index in [4.69, 9.17) is 0 Å². The molecule has 1 N–H and O–H groups in total. The first-order chi connectivity index (χ1) is 19.2. The Hall–Kier alpha value is -4.25. The molecule has 3 rings (SSSR count). The second kappa shape index (κ2) is 12.9. The van der Waals surface area contributed by atoms with Crippen LogP contribution >= 0.6 is 0 Å². The van der Waals surface area contributed by atoms with Gasteiger partial charge >= 0.3 is 0 Å². The number of non-ortho nitro benzene ring substituents is 1. The van der Waals surface area contributed by atoms with E-state index < -0.39 is 39.0 Å². The Labute approximate surface area is 241 Å². The number of anilines is 1. The third-order valence-electron chi connectivity index (χ3n) is 6.32. The zero-order chi connectivity index (χ0) is 30.4. The lowest BCUT2D eigenvalue weighted by atomic mass is 10.1. The molecule has 2 amide bonds. The molecule has 0 saturated heterocycles. The number of nitro benzene ring substituents is 1. The standard InChI is InChI=1S/C30H36N4O6S/c1-6-27(29(36)31-30(3,4)5)32(20-23-14-12-22(2)13-15-23)28(35)21-33(24-16-18-25(19-17-24)34(37)38)41(39,40)26-10-8-7-9-11-26/h7-19,27H,6,20-21H2,1-5H3,(H,31,36)/t27-/m1/s1. The molecule has 41 heavy (non-hydrogen) atoms. The highest BCUT2D eigenvalue weighted by Gasteiger charge is 2.34. The van der Waals surface area contributed by atoms with E-state index in [-0.39, 0.29) is 28.7 Å². The summed E-state index contributed by atoms with van der Waals surface area (Å²) in [5, 5.41) is 14.1. The van der Waals surface area contributed by atoms with Gasteiger partial charge in [0.2, 0.25) is 11.8 Å². The molecule has 0 spiro atoms. The fourth-order valence-corrected chi connectivity index (χ4v) is 5.69. The predicted molar refractivity (Wildman–Crippen MR) is 158 cm³/mol. The highest BCUT2D eigenvalue weighted by Crippen LogP contribution is 2.27. The number of hydrogen-bond donors (Lipinski definition) is 1. The van der Waals surface area contributed by atoms with Crippen LogP contribution in [-0.2, 0) is 26.2 Å². The number of carbonyl (C=O) groups is 2. The van der Waals surface area contributed by atoms with Crippen LogP contribution in [0.3, 0.4) is 0 Å². The summed E-state index contributed by atoms with van der Waals surface area (Å²) in [4.78, 5) is 39.4. The molecule has 0 aliphatic carbocycles. The summed E-state index contributed by atoms with van der Waals surface area (Å²) in [5.41, 5.74) is 1.12. The van der Waals surface area contributed by atoms with Crippen LogP contribution in [-0.4, -0.2) is 48.2 Å². The fraction of sp³-hybridized carbons (Fsp3) is 0.333. The molecule has 0 saturated carbocycles. The molecule has 1 atom stereocenters. The average molecular weight is 581 g/mol. The third kappa shape index (κ3) is 8.14. The summed E-state index contributed by atoms with van der Waals surface area (Å²) in [6.07, 6.45) is 0.294. The van der Waals surface area contributed by atoms with E-state index in [0.29, 0.717) is 6.42 Å². The van der Waals surface area contributed by atoms with Crippen molar-refractivity contribution in [3.8, 4) is 0 Å². The number of nitrogens with zero attached hydrogens (tertiary/aromatic N) is 3. The summed E-state index contributed by atoms with van der Waals surface area (Å²) >= 11 is 0. The fourth-order valence-electron chi connectivity index (χ4n) is 4.25. The van der Waals surface area contributed by atoms with Gasteiger partial charge in [-0.2, -0.15) is 0 Å².